The van der Waals surface area contributed by atoms with Gasteiger partial charge >= 0.3 is 5.97 Å². The number of thiazole rings is 1. The number of hydrogen-bond acceptors (Lipinski definition) is 6. The van der Waals surface area contributed by atoms with E-state index in [0.717, 1.165) is 0 Å². The van der Waals surface area contributed by atoms with E-state index in [0.29, 0.717) is 5.13 Å². The molecule has 0 aromatic carbocycles. The van der Waals surface area contributed by atoms with E-state index in [1.807, 2.05) is 5.38 Å². The SMILES string of the molecule is NC(N)=Nc1nccs1.N[C@@H](CO)C(=O)O. The van der Waals surface area contributed by atoms with Crippen LogP contribution in [0.25, 0.3) is 0 Å². The van der Waals surface area contributed by atoms with Crippen molar-refractivity contribution in [1.82, 2.24) is 4.98 Å². The van der Waals surface area contributed by atoms with E-state index in [9.17, 15) is 4.79 Å². The molecule has 1 atom stereocenters. The zero-order valence-electron chi connectivity index (χ0n) is 8.28. The molecule has 8 N–H and O–H groups in total. The molecule has 0 saturated carbocycles. The molecule has 9 heteroatoms. The minimum Gasteiger partial charge on any atom is -0.480 e. The molecule has 1 aromatic rings. The van der Waals surface area contributed by atoms with Gasteiger partial charge in [0.15, 0.2) is 5.96 Å². The van der Waals surface area contributed by atoms with Crippen molar-refractivity contribution < 1.29 is 15.0 Å². The van der Waals surface area contributed by atoms with Gasteiger partial charge in [0.05, 0.1) is 6.61 Å². The Morgan fingerprint density at radius 2 is 2.25 bits per heavy atom. The van der Waals surface area contributed by atoms with Gasteiger partial charge in [0, 0.05) is 11.6 Å². The van der Waals surface area contributed by atoms with Gasteiger partial charge in [-0.1, -0.05) is 0 Å². The molecule has 1 rings (SSSR count). The monoisotopic (exact) mass is 247 g/mol. The van der Waals surface area contributed by atoms with E-state index < -0.39 is 18.6 Å². The first kappa shape index (κ1) is 14.3. The van der Waals surface area contributed by atoms with Crippen LogP contribution in [0.4, 0.5) is 5.13 Å². The summed E-state index contributed by atoms with van der Waals surface area (Å²) < 4.78 is 0. The van der Waals surface area contributed by atoms with Gasteiger partial charge in [-0.2, -0.15) is 4.99 Å². The van der Waals surface area contributed by atoms with E-state index in [4.69, 9.17) is 27.4 Å². The highest BCUT2D eigenvalue weighted by Gasteiger charge is 2.06. The van der Waals surface area contributed by atoms with Crippen molar-refractivity contribution >= 4 is 28.4 Å². The number of carboxylic acids is 1. The summed E-state index contributed by atoms with van der Waals surface area (Å²) >= 11 is 1.39. The third-order valence-electron chi connectivity index (χ3n) is 1.16. The molecule has 16 heavy (non-hydrogen) atoms. The normalized spacial score (nSPS) is 10.9. The molecule has 0 unspecified atom stereocenters. The summed E-state index contributed by atoms with van der Waals surface area (Å²) in [6.07, 6.45) is 1.65. The Hall–Kier alpha value is -1.71. The second-order valence-electron chi connectivity index (χ2n) is 2.48. The van der Waals surface area contributed by atoms with Crippen molar-refractivity contribution in [3.8, 4) is 0 Å². The Morgan fingerprint density at radius 3 is 2.50 bits per heavy atom. The molecular formula is C7H13N5O3S. The van der Waals surface area contributed by atoms with Crippen molar-refractivity contribution in [1.29, 1.82) is 0 Å². The molecule has 0 radical (unpaired) electrons. The quantitative estimate of drug-likeness (QED) is 0.318. The highest BCUT2D eigenvalue weighted by molar-refractivity contribution is 7.13. The number of rotatable bonds is 3. The minimum atomic E-state index is -1.18. The molecule has 1 heterocycles. The molecule has 0 amide bonds. The molecule has 0 spiro atoms. The highest BCUT2D eigenvalue weighted by atomic mass is 32.1. The topological polar surface area (TPSA) is 161 Å². The molecule has 8 nitrogen and oxygen atoms in total. The maximum Gasteiger partial charge on any atom is 0.322 e. The standard InChI is InChI=1S/C4H6N4S.C3H7NO3/c5-3(6)8-4-7-1-2-9-4;4-2(1-5)3(6)7/h1-2H,(H4,5,6,7,8);2,5H,1,4H2,(H,6,7)/t;2-/m.0/s1. The van der Waals surface area contributed by atoms with E-state index in [1.165, 1.54) is 11.3 Å². The van der Waals surface area contributed by atoms with Gasteiger partial charge in [0.1, 0.15) is 6.04 Å². The largest absolute Gasteiger partial charge is 0.480 e. The molecule has 90 valence electrons. The van der Waals surface area contributed by atoms with E-state index in [1.54, 1.807) is 6.20 Å². The van der Waals surface area contributed by atoms with Crippen molar-refractivity contribution in [3.63, 3.8) is 0 Å². The number of nitrogens with two attached hydrogens (primary N) is 3. The molecule has 0 aliphatic rings. The predicted octanol–water partition coefficient (Wildman–Crippen LogP) is -1.56. The summed E-state index contributed by atoms with van der Waals surface area (Å²) in [7, 11) is 0. The smallest absolute Gasteiger partial charge is 0.322 e. The van der Waals surface area contributed by atoms with Crippen molar-refractivity contribution in [2.45, 2.75) is 6.04 Å². The Labute approximate surface area is 95.4 Å². The van der Waals surface area contributed by atoms with Crippen molar-refractivity contribution in [2.24, 2.45) is 22.2 Å². The molecule has 0 aliphatic heterocycles. The van der Waals surface area contributed by atoms with Gasteiger partial charge in [-0.3, -0.25) is 4.79 Å². The maximum absolute atomic E-state index is 9.65. The molecule has 1 aromatic heterocycles. The van der Waals surface area contributed by atoms with Gasteiger partial charge in [-0.15, -0.1) is 11.3 Å². The maximum atomic E-state index is 9.65. The Bertz CT molecular complexity index is 336. The summed E-state index contributed by atoms with van der Waals surface area (Å²) in [4.78, 5) is 17.2. The van der Waals surface area contributed by atoms with E-state index >= 15 is 0 Å². The average molecular weight is 247 g/mol. The summed E-state index contributed by atoms with van der Waals surface area (Å²) in [5.74, 6) is -1.13. The zero-order valence-corrected chi connectivity index (χ0v) is 9.09. The van der Waals surface area contributed by atoms with Gasteiger partial charge in [-0.05, 0) is 0 Å². The summed E-state index contributed by atoms with van der Waals surface area (Å²) in [6, 6.07) is -1.13. The van der Waals surface area contributed by atoms with Crippen molar-refractivity contribution in [3.05, 3.63) is 11.6 Å². The second kappa shape index (κ2) is 7.56. The van der Waals surface area contributed by atoms with Crippen LogP contribution < -0.4 is 17.2 Å². The number of aliphatic hydroxyl groups excluding tert-OH is 1. The van der Waals surface area contributed by atoms with Crippen LogP contribution in [0.2, 0.25) is 0 Å². The fourth-order valence-electron chi connectivity index (χ4n) is 0.460. The van der Waals surface area contributed by atoms with Crippen LogP contribution in [0, 0.1) is 0 Å². The summed E-state index contributed by atoms with van der Waals surface area (Å²) in [6.45, 7) is -0.505. The molecule has 0 aliphatic carbocycles. The summed E-state index contributed by atoms with van der Waals surface area (Å²) in [5, 5.41) is 18.3. The minimum absolute atomic E-state index is 0.0463. The van der Waals surface area contributed by atoms with Crippen LogP contribution in [0.5, 0.6) is 0 Å². The Kier molecular flexibility index (Phi) is 6.76. The lowest BCUT2D eigenvalue weighted by Crippen LogP contribution is -2.33. The number of carboxylic acid groups (broad SMARTS) is 1. The molecule has 0 saturated heterocycles. The van der Waals surface area contributed by atoms with Gasteiger partial charge in [-0.25, -0.2) is 4.98 Å². The van der Waals surface area contributed by atoms with Crippen LogP contribution in [-0.4, -0.2) is 39.8 Å². The van der Waals surface area contributed by atoms with Crippen LogP contribution in [0.15, 0.2) is 16.6 Å². The first-order chi connectivity index (χ1) is 7.47. The number of guanidine groups is 1. The Balaban J connectivity index is 0.000000293. The lowest BCUT2D eigenvalue weighted by Gasteiger charge is -1.96. The number of aliphatic imine (C=N–C) groups is 1. The number of aliphatic hydroxyl groups is 1. The third kappa shape index (κ3) is 6.70. The van der Waals surface area contributed by atoms with E-state index in [2.05, 4.69) is 9.98 Å². The highest BCUT2D eigenvalue weighted by Crippen LogP contribution is 2.13. The van der Waals surface area contributed by atoms with Gasteiger partial charge < -0.3 is 27.4 Å². The third-order valence-corrected chi connectivity index (χ3v) is 1.82. The number of aromatic nitrogens is 1. The van der Waals surface area contributed by atoms with Gasteiger partial charge in [0.25, 0.3) is 0 Å². The number of hydrogen-bond donors (Lipinski definition) is 5. The van der Waals surface area contributed by atoms with Crippen LogP contribution >= 0.6 is 11.3 Å². The van der Waals surface area contributed by atoms with Gasteiger partial charge in [0.2, 0.25) is 5.13 Å². The van der Waals surface area contributed by atoms with Crippen molar-refractivity contribution in [2.75, 3.05) is 6.61 Å². The molecule has 0 fully saturated rings. The van der Waals surface area contributed by atoms with Crippen LogP contribution in [-0.2, 0) is 4.79 Å². The fourth-order valence-corrected chi connectivity index (χ4v) is 0.983. The Morgan fingerprint density at radius 1 is 1.62 bits per heavy atom. The summed E-state index contributed by atoms with van der Waals surface area (Å²) in [5.41, 5.74) is 14.9. The number of nitrogens with zero attached hydrogens (tertiary/aromatic N) is 2. The van der Waals surface area contributed by atoms with E-state index in [-0.39, 0.29) is 5.96 Å². The number of aliphatic carboxylic acids is 1. The first-order valence-electron chi connectivity index (χ1n) is 4.05. The zero-order chi connectivity index (χ0) is 12.6. The fraction of sp³-hybridized carbons (Fsp3) is 0.286. The number of carbonyl (C=O) groups is 1. The van der Waals surface area contributed by atoms with Crippen LogP contribution in [0.3, 0.4) is 0 Å². The second-order valence-corrected chi connectivity index (χ2v) is 3.35. The van der Waals surface area contributed by atoms with Crippen LogP contribution in [0.1, 0.15) is 0 Å². The lowest BCUT2D eigenvalue weighted by molar-refractivity contribution is -0.139. The molecular weight excluding hydrogens is 234 g/mol. The molecule has 0 bridgehead atoms. The predicted molar refractivity (Wildman–Crippen MR) is 60.3 cm³/mol. The average Bonchev–Trinajstić information content (AvgIpc) is 2.69. The first-order valence-corrected chi connectivity index (χ1v) is 4.93. The lowest BCUT2D eigenvalue weighted by atomic mass is 10.3.